The number of carbonyl (C=O) groups excluding carboxylic acids is 1. The molecule has 1 aliphatic rings. The Morgan fingerprint density at radius 3 is 3.06 bits per heavy atom. The fourth-order valence-electron chi connectivity index (χ4n) is 1.66. The molecule has 0 spiro atoms. The number of carbonyl (C=O) groups is 1. The van der Waals surface area contributed by atoms with E-state index in [1.807, 2.05) is 6.07 Å². The number of hydrogen-bond donors (Lipinski definition) is 2. The highest BCUT2D eigenvalue weighted by Crippen LogP contribution is 2.24. The van der Waals surface area contributed by atoms with Crippen molar-refractivity contribution in [3.63, 3.8) is 0 Å². The number of nitrogens with two attached hydrogens (primary N) is 1. The number of morpholine rings is 1. The monoisotopic (exact) mass is 333 g/mol. The van der Waals surface area contributed by atoms with Crippen LogP contribution >= 0.6 is 27.3 Å². The largest absolute Gasteiger partial charge is 0.409 e. The summed E-state index contributed by atoms with van der Waals surface area (Å²) in [5.74, 6) is -0.0791. The molecule has 1 aromatic heterocycles. The van der Waals surface area contributed by atoms with Crippen molar-refractivity contribution in [2.24, 2.45) is 10.9 Å². The van der Waals surface area contributed by atoms with Crippen molar-refractivity contribution < 1.29 is 14.7 Å². The van der Waals surface area contributed by atoms with E-state index in [1.165, 1.54) is 11.3 Å². The van der Waals surface area contributed by atoms with Gasteiger partial charge in [-0.1, -0.05) is 5.16 Å². The lowest BCUT2D eigenvalue weighted by atomic mass is 10.2. The van der Waals surface area contributed by atoms with E-state index in [9.17, 15) is 4.79 Å². The summed E-state index contributed by atoms with van der Waals surface area (Å²) >= 11 is 4.70. The molecular formula is C10H12BrN3O3S. The van der Waals surface area contributed by atoms with Crippen molar-refractivity contribution in [2.45, 2.75) is 6.10 Å². The van der Waals surface area contributed by atoms with Crippen molar-refractivity contribution in [3.05, 3.63) is 20.8 Å². The number of oxime groups is 1. The fourth-order valence-corrected chi connectivity index (χ4v) is 3.02. The van der Waals surface area contributed by atoms with Crippen LogP contribution in [0.1, 0.15) is 9.67 Å². The highest BCUT2D eigenvalue weighted by atomic mass is 79.9. The average Bonchev–Trinajstić information content (AvgIpc) is 2.83. The molecular weight excluding hydrogens is 322 g/mol. The van der Waals surface area contributed by atoms with Crippen LogP contribution in [0.25, 0.3) is 0 Å². The first kappa shape index (κ1) is 13.3. The van der Waals surface area contributed by atoms with Crippen molar-refractivity contribution >= 4 is 39.0 Å². The third kappa shape index (κ3) is 2.82. The normalized spacial score (nSPS) is 21.1. The third-order valence-corrected chi connectivity index (χ3v) is 4.19. The van der Waals surface area contributed by atoms with Gasteiger partial charge in [0.15, 0.2) is 5.84 Å². The second kappa shape index (κ2) is 5.68. The Hall–Kier alpha value is -1.12. The van der Waals surface area contributed by atoms with Gasteiger partial charge in [-0.3, -0.25) is 4.79 Å². The number of ether oxygens (including phenoxy) is 1. The van der Waals surface area contributed by atoms with Crippen molar-refractivity contribution in [1.29, 1.82) is 0 Å². The Morgan fingerprint density at radius 2 is 2.44 bits per heavy atom. The highest BCUT2D eigenvalue weighted by molar-refractivity contribution is 9.11. The third-order valence-electron chi connectivity index (χ3n) is 2.58. The molecule has 3 N–H and O–H groups in total. The van der Waals surface area contributed by atoms with Crippen molar-refractivity contribution in [1.82, 2.24) is 4.90 Å². The van der Waals surface area contributed by atoms with Crippen LogP contribution in [-0.2, 0) is 4.74 Å². The first-order chi connectivity index (χ1) is 8.61. The van der Waals surface area contributed by atoms with Crippen LogP contribution in [0.15, 0.2) is 21.1 Å². The summed E-state index contributed by atoms with van der Waals surface area (Å²) in [5.41, 5.74) is 5.48. The molecule has 1 fully saturated rings. The molecule has 1 amide bonds. The molecule has 1 atom stereocenters. The van der Waals surface area contributed by atoms with Gasteiger partial charge in [0.2, 0.25) is 0 Å². The highest BCUT2D eigenvalue weighted by Gasteiger charge is 2.28. The van der Waals surface area contributed by atoms with Gasteiger partial charge in [0.05, 0.1) is 21.8 Å². The van der Waals surface area contributed by atoms with Crippen LogP contribution < -0.4 is 5.73 Å². The number of halogens is 1. The van der Waals surface area contributed by atoms with Gasteiger partial charge in [-0.15, -0.1) is 11.3 Å². The van der Waals surface area contributed by atoms with Gasteiger partial charge in [-0.25, -0.2) is 0 Å². The molecule has 8 heteroatoms. The summed E-state index contributed by atoms with van der Waals surface area (Å²) in [5, 5.41) is 11.5. The fraction of sp³-hybridized carbons (Fsp3) is 0.400. The number of thiophene rings is 1. The molecule has 0 aliphatic carbocycles. The minimum absolute atomic E-state index is 0.0140. The van der Waals surface area contributed by atoms with Crippen LogP contribution in [0.3, 0.4) is 0 Å². The van der Waals surface area contributed by atoms with Gasteiger partial charge < -0.3 is 20.6 Å². The maximum atomic E-state index is 12.2. The smallest absolute Gasteiger partial charge is 0.264 e. The zero-order chi connectivity index (χ0) is 13.1. The number of nitrogens with zero attached hydrogens (tertiary/aromatic N) is 2. The topological polar surface area (TPSA) is 88.2 Å². The Bertz CT molecular complexity index is 477. The maximum absolute atomic E-state index is 12.2. The molecule has 6 nitrogen and oxygen atoms in total. The molecule has 0 aromatic carbocycles. The summed E-state index contributed by atoms with van der Waals surface area (Å²) in [6.45, 7) is 1.17. The lowest BCUT2D eigenvalue weighted by molar-refractivity contribution is 0.00699. The molecule has 2 heterocycles. The van der Waals surface area contributed by atoms with Crippen molar-refractivity contribution in [3.8, 4) is 0 Å². The predicted molar refractivity (Wildman–Crippen MR) is 71.1 cm³/mol. The van der Waals surface area contributed by atoms with E-state index in [0.29, 0.717) is 24.6 Å². The quantitative estimate of drug-likeness (QED) is 0.367. The summed E-state index contributed by atoms with van der Waals surface area (Å²) in [6.07, 6.45) is -0.545. The summed E-state index contributed by atoms with van der Waals surface area (Å²) in [6, 6.07) is 3.60. The SMILES string of the molecule is NC(=NO)C1CN(C(=O)c2ccc(Br)s2)CCO1. The average molecular weight is 334 g/mol. The molecule has 2 rings (SSSR count). The van der Waals surface area contributed by atoms with E-state index in [4.69, 9.17) is 15.7 Å². The lowest BCUT2D eigenvalue weighted by Crippen LogP contribution is -2.50. The zero-order valence-electron chi connectivity index (χ0n) is 9.38. The van der Waals surface area contributed by atoms with Gasteiger partial charge >= 0.3 is 0 Å². The van der Waals surface area contributed by atoms with E-state index in [0.717, 1.165) is 3.79 Å². The number of rotatable bonds is 2. The Labute approximate surface area is 116 Å². The van der Waals surface area contributed by atoms with Crippen LogP contribution in [0.4, 0.5) is 0 Å². The molecule has 1 aromatic rings. The number of amides is 1. The van der Waals surface area contributed by atoms with Crippen LogP contribution in [0.2, 0.25) is 0 Å². The minimum Gasteiger partial charge on any atom is -0.409 e. The van der Waals surface area contributed by atoms with E-state index >= 15 is 0 Å². The first-order valence-electron chi connectivity index (χ1n) is 5.25. The van der Waals surface area contributed by atoms with Gasteiger partial charge in [0.25, 0.3) is 5.91 Å². The number of amidine groups is 1. The zero-order valence-corrected chi connectivity index (χ0v) is 11.8. The first-order valence-corrected chi connectivity index (χ1v) is 6.86. The van der Waals surface area contributed by atoms with Crippen LogP contribution in [0.5, 0.6) is 0 Å². The molecule has 1 unspecified atom stereocenters. The molecule has 1 saturated heterocycles. The van der Waals surface area contributed by atoms with Gasteiger partial charge in [-0.05, 0) is 28.1 Å². The maximum Gasteiger partial charge on any atom is 0.264 e. The molecule has 0 saturated carbocycles. The van der Waals surface area contributed by atoms with Gasteiger partial charge in [-0.2, -0.15) is 0 Å². The van der Waals surface area contributed by atoms with Crippen molar-refractivity contribution in [2.75, 3.05) is 19.7 Å². The molecule has 18 heavy (non-hydrogen) atoms. The summed E-state index contributed by atoms with van der Waals surface area (Å²) in [4.78, 5) is 14.5. The Morgan fingerprint density at radius 1 is 1.67 bits per heavy atom. The van der Waals surface area contributed by atoms with Crippen LogP contribution in [0, 0.1) is 0 Å². The standard InChI is InChI=1S/C10H12BrN3O3S/c11-8-2-1-7(18-8)10(15)14-3-4-17-6(5-14)9(12)13-16/h1-2,6,16H,3-5H2,(H2,12,13). The van der Waals surface area contributed by atoms with Gasteiger partial charge in [0, 0.05) is 6.54 Å². The number of hydrogen-bond acceptors (Lipinski definition) is 5. The second-order valence-electron chi connectivity index (χ2n) is 3.74. The lowest BCUT2D eigenvalue weighted by Gasteiger charge is -2.31. The molecule has 0 bridgehead atoms. The Kier molecular flexibility index (Phi) is 4.20. The second-order valence-corrected chi connectivity index (χ2v) is 6.20. The molecule has 98 valence electrons. The molecule has 1 aliphatic heterocycles. The van der Waals surface area contributed by atoms with E-state index in [1.54, 1.807) is 11.0 Å². The molecule has 0 radical (unpaired) electrons. The minimum atomic E-state index is -0.545. The van der Waals surface area contributed by atoms with Crippen LogP contribution in [-0.4, -0.2) is 47.7 Å². The van der Waals surface area contributed by atoms with E-state index < -0.39 is 6.10 Å². The summed E-state index contributed by atoms with van der Waals surface area (Å²) in [7, 11) is 0. The van der Waals surface area contributed by atoms with Gasteiger partial charge in [0.1, 0.15) is 6.10 Å². The van der Waals surface area contributed by atoms with E-state index in [2.05, 4.69) is 21.1 Å². The summed E-state index contributed by atoms with van der Waals surface area (Å²) < 4.78 is 6.25. The predicted octanol–water partition coefficient (Wildman–Crippen LogP) is 1.10. The Balaban J connectivity index is 2.07. The van der Waals surface area contributed by atoms with E-state index in [-0.39, 0.29) is 11.7 Å².